The van der Waals surface area contributed by atoms with Crippen LogP contribution in [0.15, 0.2) is 60.7 Å². The Morgan fingerprint density at radius 3 is 1.28 bits per heavy atom. The summed E-state index contributed by atoms with van der Waals surface area (Å²) in [5, 5.41) is 10.3. The largest absolute Gasteiger partial charge is 0.480 e. The Bertz CT molecular complexity index is 684. The number of carboxylic acids is 1. The van der Waals surface area contributed by atoms with Gasteiger partial charge in [-0.2, -0.15) is 0 Å². The van der Waals surface area contributed by atoms with Gasteiger partial charge < -0.3 is 5.11 Å². The van der Waals surface area contributed by atoms with E-state index in [2.05, 4.69) is 6.92 Å². The zero-order valence-electron chi connectivity index (χ0n) is 20.2. The summed E-state index contributed by atoms with van der Waals surface area (Å²) in [7, 11) is 0. The SMILES string of the molecule is CCCCCCCCCCCCCCCCC(C(=O)O)(c1ccccc1)c1ccccc1. The predicted octanol–water partition coefficient (Wildman–Crippen LogP) is 8.93. The zero-order chi connectivity index (χ0) is 22.9. The number of carbonyl (C=O) groups is 1. The Morgan fingerprint density at radius 2 is 0.938 bits per heavy atom. The van der Waals surface area contributed by atoms with Crippen LogP contribution in [0.3, 0.4) is 0 Å². The molecule has 0 bridgehead atoms. The molecule has 176 valence electrons. The molecule has 0 unspecified atom stereocenters. The van der Waals surface area contributed by atoms with Crippen molar-refractivity contribution < 1.29 is 9.90 Å². The maximum atomic E-state index is 12.6. The second kappa shape index (κ2) is 15.7. The fraction of sp³-hybridized carbons (Fsp3) is 0.567. The van der Waals surface area contributed by atoms with Gasteiger partial charge in [0.05, 0.1) is 0 Å². The second-order valence-corrected chi connectivity index (χ2v) is 9.29. The Balaban J connectivity index is 1.72. The molecular weight excluding hydrogens is 392 g/mol. The van der Waals surface area contributed by atoms with Crippen molar-refractivity contribution in [2.24, 2.45) is 0 Å². The minimum Gasteiger partial charge on any atom is -0.480 e. The van der Waals surface area contributed by atoms with Crippen molar-refractivity contribution in [1.29, 1.82) is 0 Å². The third kappa shape index (κ3) is 8.45. The molecule has 0 saturated heterocycles. The number of hydrogen-bond acceptors (Lipinski definition) is 1. The van der Waals surface area contributed by atoms with Crippen LogP contribution in [0.4, 0.5) is 0 Å². The summed E-state index contributed by atoms with van der Waals surface area (Å²) >= 11 is 0. The van der Waals surface area contributed by atoms with E-state index in [9.17, 15) is 9.90 Å². The highest BCUT2D eigenvalue weighted by molar-refractivity contribution is 5.86. The van der Waals surface area contributed by atoms with Gasteiger partial charge in [0.1, 0.15) is 5.41 Å². The van der Waals surface area contributed by atoms with Gasteiger partial charge in [0.2, 0.25) is 0 Å². The van der Waals surface area contributed by atoms with Crippen molar-refractivity contribution in [3.8, 4) is 0 Å². The Morgan fingerprint density at radius 1 is 0.594 bits per heavy atom. The lowest BCUT2D eigenvalue weighted by Gasteiger charge is -2.31. The molecule has 0 fully saturated rings. The van der Waals surface area contributed by atoms with Crippen LogP contribution in [0, 0.1) is 0 Å². The lowest BCUT2D eigenvalue weighted by atomic mass is 9.71. The van der Waals surface area contributed by atoms with Crippen LogP contribution in [0.25, 0.3) is 0 Å². The zero-order valence-corrected chi connectivity index (χ0v) is 20.2. The van der Waals surface area contributed by atoms with E-state index in [4.69, 9.17) is 0 Å². The van der Waals surface area contributed by atoms with Gasteiger partial charge in [-0.25, -0.2) is 0 Å². The quantitative estimate of drug-likeness (QED) is 0.237. The summed E-state index contributed by atoms with van der Waals surface area (Å²) in [6.07, 6.45) is 19.0. The molecule has 2 aromatic carbocycles. The Hall–Kier alpha value is -2.09. The molecule has 0 spiro atoms. The van der Waals surface area contributed by atoms with Crippen LogP contribution in [0.1, 0.15) is 114 Å². The van der Waals surface area contributed by atoms with E-state index >= 15 is 0 Å². The minimum atomic E-state index is -0.959. The van der Waals surface area contributed by atoms with Gasteiger partial charge in [-0.05, 0) is 17.5 Å². The molecule has 0 aliphatic rings. The fourth-order valence-electron chi connectivity index (χ4n) is 4.84. The summed E-state index contributed by atoms with van der Waals surface area (Å²) in [6.45, 7) is 2.27. The number of carboxylic acid groups (broad SMARTS) is 1. The normalized spacial score (nSPS) is 11.5. The van der Waals surface area contributed by atoms with Crippen molar-refractivity contribution in [2.75, 3.05) is 0 Å². The van der Waals surface area contributed by atoms with Crippen molar-refractivity contribution in [1.82, 2.24) is 0 Å². The highest BCUT2D eigenvalue weighted by Crippen LogP contribution is 2.38. The number of rotatable bonds is 18. The molecule has 0 atom stereocenters. The van der Waals surface area contributed by atoms with Gasteiger partial charge in [-0.15, -0.1) is 0 Å². The lowest BCUT2D eigenvalue weighted by Crippen LogP contribution is -2.37. The van der Waals surface area contributed by atoms with E-state index in [1.54, 1.807) is 0 Å². The summed E-state index contributed by atoms with van der Waals surface area (Å²) < 4.78 is 0. The average Bonchev–Trinajstić information content (AvgIpc) is 2.83. The average molecular weight is 437 g/mol. The van der Waals surface area contributed by atoms with Crippen LogP contribution in [0.5, 0.6) is 0 Å². The first-order valence-corrected chi connectivity index (χ1v) is 13.1. The van der Waals surface area contributed by atoms with Crippen molar-refractivity contribution in [3.05, 3.63) is 71.8 Å². The lowest BCUT2D eigenvalue weighted by molar-refractivity contribution is -0.142. The molecule has 2 rings (SSSR count). The molecule has 0 saturated carbocycles. The number of benzene rings is 2. The minimum absolute atomic E-state index is 0.647. The van der Waals surface area contributed by atoms with E-state index in [0.29, 0.717) is 6.42 Å². The van der Waals surface area contributed by atoms with Gasteiger partial charge in [0, 0.05) is 0 Å². The molecule has 0 aromatic heterocycles. The highest BCUT2D eigenvalue weighted by Gasteiger charge is 2.41. The first-order chi connectivity index (χ1) is 15.7. The monoisotopic (exact) mass is 436 g/mol. The maximum absolute atomic E-state index is 12.6. The number of unbranched alkanes of at least 4 members (excludes halogenated alkanes) is 13. The third-order valence-corrected chi connectivity index (χ3v) is 6.80. The van der Waals surface area contributed by atoms with E-state index in [0.717, 1.165) is 24.0 Å². The molecule has 2 nitrogen and oxygen atoms in total. The summed E-state index contributed by atoms with van der Waals surface area (Å²) in [5.74, 6) is -0.746. The predicted molar refractivity (Wildman–Crippen MR) is 136 cm³/mol. The molecule has 32 heavy (non-hydrogen) atoms. The van der Waals surface area contributed by atoms with Gasteiger partial charge >= 0.3 is 5.97 Å². The first-order valence-electron chi connectivity index (χ1n) is 13.1. The van der Waals surface area contributed by atoms with Crippen LogP contribution >= 0.6 is 0 Å². The molecule has 0 heterocycles. The summed E-state index contributed by atoms with van der Waals surface area (Å²) in [5.41, 5.74) is 0.807. The molecule has 1 N–H and O–H groups in total. The van der Waals surface area contributed by atoms with Gasteiger partial charge in [-0.1, -0.05) is 157 Å². The molecule has 0 aliphatic carbocycles. The fourth-order valence-corrected chi connectivity index (χ4v) is 4.84. The standard InChI is InChI=1S/C30H44O2/c1-2-3-4-5-6-7-8-9-10-11-12-13-14-21-26-30(29(31)32,27-22-17-15-18-23-27)28-24-19-16-20-25-28/h15-20,22-25H,2-14,21,26H2,1H3,(H,31,32). The van der Waals surface area contributed by atoms with Crippen molar-refractivity contribution in [3.63, 3.8) is 0 Å². The van der Waals surface area contributed by atoms with Gasteiger partial charge in [-0.3, -0.25) is 4.79 Å². The summed E-state index contributed by atoms with van der Waals surface area (Å²) in [6, 6.07) is 19.5. The molecule has 2 heteroatoms. The molecule has 0 aliphatic heterocycles. The highest BCUT2D eigenvalue weighted by atomic mass is 16.4. The van der Waals surface area contributed by atoms with Gasteiger partial charge in [0.15, 0.2) is 0 Å². The Kier molecular flexibility index (Phi) is 12.8. The maximum Gasteiger partial charge on any atom is 0.318 e. The van der Waals surface area contributed by atoms with Crippen molar-refractivity contribution in [2.45, 2.75) is 109 Å². The van der Waals surface area contributed by atoms with E-state index in [-0.39, 0.29) is 0 Å². The number of aliphatic carboxylic acids is 1. The van der Waals surface area contributed by atoms with Crippen LogP contribution in [-0.2, 0) is 10.2 Å². The van der Waals surface area contributed by atoms with Crippen LogP contribution in [0.2, 0.25) is 0 Å². The topological polar surface area (TPSA) is 37.3 Å². The van der Waals surface area contributed by atoms with E-state index in [1.165, 1.54) is 77.0 Å². The molecular formula is C30H44O2. The first kappa shape index (κ1) is 26.2. The third-order valence-electron chi connectivity index (χ3n) is 6.80. The Labute approximate surface area is 196 Å². The van der Waals surface area contributed by atoms with Gasteiger partial charge in [0.25, 0.3) is 0 Å². The van der Waals surface area contributed by atoms with Crippen LogP contribution in [-0.4, -0.2) is 11.1 Å². The molecule has 2 aromatic rings. The molecule has 0 amide bonds. The van der Waals surface area contributed by atoms with E-state index in [1.807, 2.05) is 60.7 Å². The summed E-state index contributed by atoms with van der Waals surface area (Å²) in [4.78, 5) is 12.6. The molecule has 0 radical (unpaired) electrons. The second-order valence-electron chi connectivity index (χ2n) is 9.29. The smallest absolute Gasteiger partial charge is 0.318 e. The van der Waals surface area contributed by atoms with E-state index < -0.39 is 11.4 Å². The van der Waals surface area contributed by atoms with Crippen LogP contribution < -0.4 is 0 Å². The van der Waals surface area contributed by atoms with Crippen molar-refractivity contribution >= 4 is 5.97 Å². The number of hydrogen-bond donors (Lipinski definition) is 1.